The number of hydrogen-bond donors (Lipinski definition) is 1. The van der Waals surface area contributed by atoms with Crippen molar-refractivity contribution < 1.29 is 9.18 Å². The highest BCUT2D eigenvalue weighted by Crippen LogP contribution is 2.27. The van der Waals surface area contributed by atoms with E-state index in [1.807, 2.05) is 0 Å². The molecule has 8 heteroatoms. The molecule has 3 heterocycles. The number of halogens is 2. The first-order valence-electron chi connectivity index (χ1n) is 6.32. The van der Waals surface area contributed by atoms with Gasteiger partial charge in [0, 0.05) is 38.6 Å². The van der Waals surface area contributed by atoms with Gasteiger partial charge in [0.15, 0.2) is 5.01 Å². The van der Waals surface area contributed by atoms with E-state index >= 15 is 0 Å². The summed E-state index contributed by atoms with van der Waals surface area (Å²) in [6, 6.07) is 2.88. The maximum absolute atomic E-state index is 13.7. The van der Waals surface area contributed by atoms with Gasteiger partial charge in [0.1, 0.15) is 11.5 Å². The molecule has 3 rings (SSSR count). The molecule has 0 saturated carbocycles. The lowest BCUT2D eigenvalue weighted by atomic mass is 10.3. The lowest BCUT2D eigenvalue weighted by Gasteiger charge is -2.26. The lowest BCUT2D eigenvalue weighted by molar-refractivity contribution is 0.0735. The van der Waals surface area contributed by atoms with Crippen LogP contribution in [-0.4, -0.2) is 47.0 Å². The molecule has 1 saturated heterocycles. The Morgan fingerprint density at radius 3 is 2.81 bits per heavy atom. The van der Waals surface area contributed by atoms with Crippen molar-refractivity contribution in [2.45, 2.75) is 0 Å². The van der Waals surface area contributed by atoms with Crippen LogP contribution in [0.4, 0.5) is 4.39 Å². The molecule has 112 valence electrons. The predicted molar refractivity (Wildman–Crippen MR) is 81.3 cm³/mol. The molecule has 0 unspecified atom stereocenters. The second-order valence-corrected chi connectivity index (χ2v) is 5.44. The Balaban J connectivity index is 0.00000161. The molecule has 21 heavy (non-hydrogen) atoms. The van der Waals surface area contributed by atoms with Crippen molar-refractivity contribution in [3.8, 4) is 10.6 Å². The largest absolute Gasteiger partial charge is 0.334 e. The van der Waals surface area contributed by atoms with Crippen molar-refractivity contribution >= 4 is 29.7 Å². The summed E-state index contributed by atoms with van der Waals surface area (Å²) in [5.41, 5.74) is 0.240. The van der Waals surface area contributed by atoms with Gasteiger partial charge in [-0.1, -0.05) is 0 Å². The van der Waals surface area contributed by atoms with E-state index in [1.165, 1.54) is 35.9 Å². The van der Waals surface area contributed by atoms with Gasteiger partial charge < -0.3 is 10.2 Å². The maximum atomic E-state index is 13.7. The molecular weight excluding hydrogens is 315 g/mol. The first-order valence-corrected chi connectivity index (χ1v) is 7.14. The predicted octanol–water partition coefficient (Wildman–Crippen LogP) is 1.81. The minimum absolute atomic E-state index is 0. The number of carbonyl (C=O) groups is 1. The topological polar surface area (TPSA) is 58.1 Å². The number of nitrogens with one attached hydrogen (secondary N) is 1. The molecule has 0 aromatic carbocycles. The van der Waals surface area contributed by atoms with E-state index < -0.39 is 5.82 Å². The number of aromatic nitrogens is 2. The van der Waals surface area contributed by atoms with Crippen LogP contribution in [0, 0.1) is 5.82 Å². The molecule has 1 aliphatic rings. The molecule has 1 amide bonds. The summed E-state index contributed by atoms with van der Waals surface area (Å²) in [6.45, 7) is 2.93. The fourth-order valence-corrected chi connectivity index (χ4v) is 2.94. The highest BCUT2D eigenvalue weighted by Gasteiger charge is 2.21. The van der Waals surface area contributed by atoms with Gasteiger partial charge in [0.25, 0.3) is 5.91 Å². The van der Waals surface area contributed by atoms with Crippen LogP contribution in [0.2, 0.25) is 0 Å². The average molecular weight is 329 g/mol. The van der Waals surface area contributed by atoms with Crippen LogP contribution < -0.4 is 5.32 Å². The molecule has 2 aromatic heterocycles. The summed E-state index contributed by atoms with van der Waals surface area (Å²) < 4.78 is 13.7. The Kier molecular flexibility index (Phi) is 5.22. The highest BCUT2D eigenvalue weighted by molar-refractivity contribution is 7.16. The lowest BCUT2D eigenvalue weighted by Crippen LogP contribution is -2.46. The van der Waals surface area contributed by atoms with E-state index in [2.05, 4.69) is 15.3 Å². The number of thiazole rings is 1. The van der Waals surface area contributed by atoms with Gasteiger partial charge >= 0.3 is 0 Å². The van der Waals surface area contributed by atoms with Crippen molar-refractivity contribution in [3.05, 3.63) is 35.4 Å². The molecule has 2 aromatic rings. The molecule has 0 radical (unpaired) electrons. The monoisotopic (exact) mass is 328 g/mol. The summed E-state index contributed by atoms with van der Waals surface area (Å²) in [4.78, 5) is 22.7. The van der Waals surface area contributed by atoms with Crippen LogP contribution >= 0.6 is 23.7 Å². The molecule has 0 aliphatic carbocycles. The summed E-state index contributed by atoms with van der Waals surface area (Å²) in [5.74, 6) is -0.503. The zero-order valence-electron chi connectivity index (χ0n) is 11.1. The number of carbonyl (C=O) groups excluding carboxylic acids is 1. The Bertz CT molecular complexity index is 630. The first kappa shape index (κ1) is 15.8. The highest BCUT2D eigenvalue weighted by atomic mass is 35.5. The summed E-state index contributed by atoms with van der Waals surface area (Å²) in [6.07, 6.45) is 3.03. The normalized spacial score (nSPS) is 14.6. The molecule has 0 spiro atoms. The van der Waals surface area contributed by atoms with Crippen LogP contribution in [0.3, 0.4) is 0 Å². The SMILES string of the molecule is Cl.O=C(c1ncc(-c2ncccc2F)s1)N1CCNCC1. The van der Waals surface area contributed by atoms with Crippen molar-refractivity contribution in [1.29, 1.82) is 0 Å². The Morgan fingerprint density at radius 2 is 2.10 bits per heavy atom. The zero-order chi connectivity index (χ0) is 13.9. The Morgan fingerprint density at radius 1 is 1.33 bits per heavy atom. The molecule has 5 nitrogen and oxygen atoms in total. The van der Waals surface area contributed by atoms with Crippen LogP contribution in [-0.2, 0) is 0 Å². The number of nitrogens with zero attached hydrogens (tertiary/aromatic N) is 3. The molecule has 0 bridgehead atoms. The van der Waals surface area contributed by atoms with Gasteiger partial charge in [-0.25, -0.2) is 9.37 Å². The van der Waals surface area contributed by atoms with Gasteiger partial charge in [0.2, 0.25) is 0 Å². The third-order valence-corrected chi connectivity index (χ3v) is 4.08. The van der Waals surface area contributed by atoms with E-state index in [0.29, 0.717) is 23.0 Å². The van der Waals surface area contributed by atoms with Crippen molar-refractivity contribution in [2.24, 2.45) is 0 Å². The zero-order valence-corrected chi connectivity index (χ0v) is 12.7. The quantitative estimate of drug-likeness (QED) is 0.913. The van der Waals surface area contributed by atoms with E-state index in [9.17, 15) is 9.18 Å². The van der Waals surface area contributed by atoms with Crippen LogP contribution in [0.1, 0.15) is 9.80 Å². The Hall–Kier alpha value is -1.57. The molecule has 1 aliphatic heterocycles. The van der Waals surface area contributed by atoms with Gasteiger partial charge in [-0.15, -0.1) is 23.7 Å². The van der Waals surface area contributed by atoms with Crippen molar-refractivity contribution in [2.75, 3.05) is 26.2 Å². The van der Waals surface area contributed by atoms with E-state index in [0.717, 1.165) is 13.1 Å². The summed E-state index contributed by atoms with van der Waals surface area (Å²) in [5, 5.41) is 3.57. The van der Waals surface area contributed by atoms with E-state index in [-0.39, 0.29) is 24.0 Å². The third kappa shape index (κ3) is 3.37. The molecular formula is C13H14ClFN4OS. The van der Waals surface area contributed by atoms with Crippen molar-refractivity contribution in [1.82, 2.24) is 20.2 Å². The van der Waals surface area contributed by atoms with Crippen LogP contribution in [0.15, 0.2) is 24.5 Å². The second-order valence-electron chi connectivity index (χ2n) is 4.41. The standard InChI is InChI=1S/C13H13FN4OS.ClH/c14-9-2-1-3-16-11(9)10-8-17-12(20-10)13(19)18-6-4-15-5-7-18;/h1-3,8,15H,4-7H2;1H. The minimum atomic E-state index is -0.405. The fourth-order valence-electron chi connectivity index (χ4n) is 2.05. The smallest absolute Gasteiger partial charge is 0.282 e. The second kappa shape index (κ2) is 6.93. The number of pyridine rings is 1. The number of piperazine rings is 1. The fraction of sp³-hybridized carbons (Fsp3) is 0.308. The van der Waals surface area contributed by atoms with Crippen LogP contribution in [0.25, 0.3) is 10.6 Å². The van der Waals surface area contributed by atoms with Gasteiger partial charge in [-0.2, -0.15) is 0 Å². The summed E-state index contributed by atoms with van der Waals surface area (Å²) >= 11 is 1.18. The molecule has 1 fully saturated rings. The first-order chi connectivity index (χ1) is 9.75. The minimum Gasteiger partial charge on any atom is -0.334 e. The third-order valence-electron chi connectivity index (χ3n) is 3.08. The van der Waals surface area contributed by atoms with E-state index in [1.54, 1.807) is 4.90 Å². The number of hydrogen-bond acceptors (Lipinski definition) is 5. The number of rotatable bonds is 2. The maximum Gasteiger partial charge on any atom is 0.282 e. The van der Waals surface area contributed by atoms with Crippen molar-refractivity contribution in [3.63, 3.8) is 0 Å². The van der Waals surface area contributed by atoms with Gasteiger partial charge in [-0.05, 0) is 12.1 Å². The van der Waals surface area contributed by atoms with E-state index in [4.69, 9.17) is 0 Å². The molecule has 1 N–H and O–H groups in total. The average Bonchev–Trinajstić information content (AvgIpc) is 2.97. The molecule has 0 atom stereocenters. The van der Waals surface area contributed by atoms with Crippen LogP contribution in [0.5, 0.6) is 0 Å². The summed E-state index contributed by atoms with van der Waals surface area (Å²) in [7, 11) is 0. The van der Waals surface area contributed by atoms with Gasteiger partial charge in [-0.3, -0.25) is 9.78 Å². The Labute approximate surface area is 131 Å². The van der Waals surface area contributed by atoms with Gasteiger partial charge in [0.05, 0.1) is 4.88 Å². The number of amides is 1.